The second kappa shape index (κ2) is 11.3. The zero-order valence-electron chi connectivity index (χ0n) is 18.4. The normalized spacial score (nSPS) is 10.6. The van der Waals surface area contributed by atoms with Crippen molar-refractivity contribution in [2.24, 2.45) is 10.2 Å². The standard InChI is InChI=1S/C21H21FN6O6/c1-5-7-26(8-6-2)20-10-15(23-13(3)29)16(11-21(20)34-4)24-25-17-9-14(22)18(27(30)31)12-19(17)28(32)33/h5-6,9-12H,1-2,7-8H2,3-4H3,(H,23,29)/b25-24+. The molecule has 0 aromatic heterocycles. The van der Waals surface area contributed by atoms with Crippen LogP contribution in [0.5, 0.6) is 5.75 Å². The number of halogens is 1. The van der Waals surface area contributed by atoms with Gasteiger partial charge in [-0.25, -0.2) is 0 Å². The second-order valence-electron chi connectivity index (χ2n) is 6.71. The van der Waals surface area contributed by atoms with Crippen molar-refractivity contribution < 1.29 is 23.8 Å². The van der Waals surface area contributed by atoms with Gasteiger partial charge >= 0.3 is 11.4 Å². The highest BCUT2D eigenvalue weighted by Gasteiger charge is 2.25. The third-order valence-electron chi connectivity index (χ3n) is 4.35. The van der Waals surface area contributed by atoms with Crippen molar-refractivity contribution in [3.63, 3.8) is 0 Å². The first kappa shape index (κ1) is 25.6. The third kappa shape index (κ3) is 5.97. The van der Waals surface area contributed by atoms with E-state index in [1.54, 1.807) is 18.2 Å². The number of anilines is 2. The summed E-state index contributed by atoms with van der Waals surface area (Å²) in [6.45, 7) is 9.55. The van der Waals surface area contributed by atoms with E-state index < -0.39 is 38.6 Å². The number of nitrogens with one attached hydrogen (secondary N) is 1. The maximum atomic E-state index is 14.1. The fraction of sp³-hybridized carbons (Fsp3) is 0.190. The average Bonchev–Trinajstić information content (AvgIpc) is 2.76. The zero-order valence-corrected chi connectivity index (χ0v) is 18.4. The van der Waals surface area contributed by atoms with Crippen molar-refractivity contribution in [3.8, 4) is 5.75 Å². The molecule has 13 heteroatoms. The Balaban J connectivity index is 2.67. The molecule has 12 nitrogen and oxygen atoms in total. The number of rotatable bonds is 11. The Hall–Kier alpha value is -4.68. The first-order chi connectivity index (χ1) is 16.1. The summed E-state index contributed by atoms with van der Waals surface area (Å²) in [6.07, 6.45) is 3.33. The highest BCUT2D eigenvalue weighted by atomic mass is 19.1. The predicted octanol–water partition coefficient (Wildman–Crippen LogP) is 5.20. The van der Waals surface area contributed by atoms with Gasteiger partial charge in [0.25, 0.3) is 0 Å². The van der Waals surface area contributed by atoms with Crippen LogP contribution in [-0.2, 0) is 4.79 Å². The van der Waals surface area contributed by atoms with Crippen LogP contribution in [0.15, 0.2) is 59.8 Å². The predicted molar refractivity (Wildman–Crippen MR) is 124 cm³/mol. The largest absolute Gasteiger partial charge is 0.494 e. The number of nitro benzene ring substituents is 2. The Morgan fingerprint density at radius 2 is 1.68 bits per heavy atom. The van der Waals surface area contributed by atoms with E-state index in [2.05, 4.69) is 28.7 Å². The van der Waals surface area contributed by atoms with Crippen LogP contribution in [-0.4, -0.2) is 36.0 Å². The fourth-order valence-corrected chi connectivity index (χ4v) is 2.94. The number of carbonyl (C=O) groups excluding carboxylic acids is 1. The summed E-state index contributed by atoms with van der Waals surface area (Å²) in [5, 5.41) is 32.5. The number of nitro groups is 2. The molecular weight excluding hydrogens is 451 g/mol. The molecule has 0 aliphatic carbocycles. The minimum absolute atomic E-state index is 0.0426. The highest BCUT2D eigenvalue weighted by molar-refractivity contribution is 5.94. The van der Waals surface area contributed by atoms with Crippen molar-refractivity contribution in [1.29, 1.82) is 0 Å². The lowest BCUT2D eigenvalue weighted by atomic mass is 10.2. The van der Waals surface area contributed by atoms with E-state index in [4.69, 9.17) is 4.74 Å². The van der Waals surface area contributed by atoms with Gasteiger partial charge in [0.2, 0.25) is 11.7 Å². The van der Waals surface area contributed by atoms with Gasteiger partial charge in [-0.2, -0.15) is 4.39 Å². The summed E-state index contributed by atoms with van der Waals surface area (Å²) < 4.78 is 19.5. The highest BCUT2D eigenvalue weighted by Crippen LogP contribution is 2.41. The maximum Gasteiger partial charge on any atom is 0.311 e. The first-order valence-electron chi connectivity index (χ1n) is 9.63. The number of hydrogen-bond acceptors (Lipinski definition) is 9. The second-order valence-corrected chi connectivity index (χ2v) is 6.71. The molecule has 0 aliphatic heterocycles. The van der Waals surface area contributed by atoms with Crippen LogP contribution < -0.4 is 15.0 Å². The Morgan fingerprint density at radius 3 is 2.18 bits per heavy atom. The zero-order chi connectivity index (χ0) is 25.4. The van der Waals surface area contributed by atoms with Crippen molar-refractivity contribution in [2.75, 3.05) is 30.4 Å². The SMILES string of the molecule is C=CCN(CC=C)c1cc(NC(C)=O)c(/N=N/c2cc(F)c([N+](=O)[O-])cc2[N+](=O)[O-])cc1OC. The summed E-state index contributed by atoms with van der Waals surface area (Å²) in [5.74, 6) is -1.42. The monoisotopic (exact) mass is 472 g/mol. The van der Waals surface area contributed by atoms with Gasteiger partial charge in [0.1, 0.15) is 11.4 Å². The molecule has 0 bridgehead atoms. The number of benzene rings is 2. The maximum absolute atomic E-state index is 14.1. The van der Waals surface area contributed by atoms with Crippen LogP contribution in [0.1, 0.15) is 6.92 Å². The molecule has 0 saturated heterocycles. The molecule has 2 aromatic rings. The fourth-order valence-electron chi connectivity index (χ4n) is 2.94. The Labute approximate surface area is 193 Å². The van der Waals surface area contributed by atoms with Crippen LogP contribution in [0.4, 0.5) is 38.5 Å². The number of nitrogens with zero attached hydrogens (tertiary/aromatic N) is 5. The van der Waals surface area contributed by atoms with Crippen LogP contribution in [0, 0.1) is 26.0 Å². The van der Waals surface area contributed by atoms with Gasteiger partial charge < -0.3 is 15.0 Å². The van der Waals surface area contributed by atoms with Crippen molar-refractivity contribution in [3.05, 3.63) is 75.6 Å². The van der Waals surface area contributed by atoms with Gasteiger partial charge in [0, 0.05) is 32.1 Å². The molecule has 2 rings (SSSR count). The lowest BCUT2D eigenvalue weighted by Crippen LogP contribution is -2.24. The summed E-state index contributed by atoms with van der Waals surface area (Å²) in [6, 6.07) is 3.99. The van der Waals surface area contributed by atoms with Crippen LogP contribution in [0.3, 0.4) is 0 Å². The van der Waals surface area contributed by atoms with E-state index in [1.807, 2.05) is 4.90 Å². The summed E-state index contributed by atoms with van der Waals surface area (Å²) in [7, 11) is 1.41. The van der Waals surface area contributed by atoms with Crippen molar-refractivity contribution in [2.45, 2.75) is 6.92 Å². The topological polar surface area (TPSA) is 153 Å². The molecule has 1 N–H and O–H groups in total. The Morgan fingerprint density at radius 1 is 1.09 bits per heavy atom. The molecule has 0 spiro atoms. The summed E-state index contributed by atoms with van der Waals surface area (Å²) >= 11 is 0. The lowest BCUT2D eigenvalue weighted by molar-refractivity contribution is -0.395. The molecule has 0 atom stereocenters. The van der Waals surface area contributed by atoms with E-state index in [0.717, 1.165) is 0 Å². The smallest absolute Gasteiger partial charge is 0.311 e. The van der Waals surface area contributed by atoms with Gasteiger partial charge in [0.05, 0.1) is 34.4 Å². The molecule has 34 heavy (non-hydrogen) atoms. The number of ether oxygens (including phenoxy) is 1. The van der Waals surface area contributed by atoms with E-state index in [9.17, 15) is 29.4 Å². The number of carbonyl (C=O) groups is 1. The lowest BCUT2D eigenvalue weighted by Gasteiger charge is -2.25. The van der Waals surface area contributed by atoms with E-state index in [0.29, 0.717) is 36.7 Å². The molecule has 178 valence electrons. The van der Waals surface area contributed by atoms with Gasteiger partial charge in [0.15, 0.2) is 5.69 Å². The van der Waals surface area contributed by atoms with E-state index in [1.165, 1.54) is 20.1 Å². The Bertz CT molecular complexity index is 1170. The minimum Gasteiger partial charge on any atom is -0.494 e. The van der Waals surface area contributed by atoms with Gasteiger partial charge in [-0.05, 0) is 6.07 Å². The van der Waals surface area contributed by atoms with E-state index in [-0.39, 0.29) is 11.4 Å². The van der Waals surface area contributed by atoms with Crippen LogP contribution in [0.2, 0.25) is 0 Å². The molecular formula is C21H21FN6O6. The summed E-state index contributed by atoms with van der Waals surface area (Å²) in [4.78, 5) is 33.8. The van der Waals surface area contributed by atoms with Gasteiger partial charge in [-0.3, -0.25) is 25.0 Å². The van der Waals surface area contributed by atoms with Crippen molar-refractivity contribution in [1.82, 2.24) is 0 Å². The molecule has 1 amide bonds. The molecule has 0 heterocycles. The third-order valence-corrected chi connectivity index (χ3v) is 4.35. The molecule has 0 fully saturated rings. The number of hydrogen-bond donors (Lipinski definition) is 1. The molecule has 0 radical (unpaired) electrons. The van der Waals surface area contributed by atoms with Gasteiger partial charge in [-0.1, -0.05) is 12.2 Å². The van der Waals surface area contributed by atoms with Crippen molar-refractivity contribution >= 4 is 40.0 Å². The van der Waals surface area contributed by atoms with Gasteiger partial charge in [-0.15, -0.1) is 23.4 Å². The summed E-state index contributed by atoms with van der Waals surface area (Å²) in [5.41, 5.74) is -1.64. The average molecular weight is 472 g/mol. The molecule has 0 saturated carbocycles. The minimum atomic E-state index is -1.32. The van der Waals surface area contributed by atoms with Crippen LogP contribution in [0.25, 0.3) is 0 Å². The molecule has 0 unspecified atom stereocenters. The van der Waals surface area contributed by atoms with E-state index >= 15 is 0 Å². The first-order valence-corrected chi connectivity index (χ1v) is 9.63. The number of azo groups is 1. The van der Waals surface area contributed by atoms with Crippen LogP contribution >= 0.6 is 0 Å². The molecule has 2 aromatic carbocycles. The quantitative estimate of drug-likeness (QED) is 0.204. The number of methoxy groups -OCH3 is 1. The molecule has 0 aliphatic rings. The number of amides is 1. The Kier molecular flexibility index (Phi) is 8.47.